The average molecular weight is 410 g/mol. The third-order valence-electron chi connectivity index (χ3n) is 5.10. The zero-order valence-electron chi connectivity index (χ0n) is 16.4. The van der Waals surface area contributed by atoms with Gasteiger partial charge in [0.05, 0.1) is 11.2 Å². The first-order chi connectivity index (χ1) is 13.9. The van der Waals surface area contributed by atoms with Crippen molar-refractivity contribution in [3.05, 3.63) is 60.3 Å². The molecule has 2 heterocycles. The molecule has 29 heavy (non-hydrogen) atoms. The van der Waals surface area contributed by atoms with Crippen molar-refractivity contribution in [1.82, 2.24) is 4.98 Å². The second-order valence-electron chi connectivity index (χ2n) is 7.53. The number of aryl methyl sites for hydroxylation is 1. The standard InChI is InChI=1S/C22H23N3O3S/c1-15(2)22(26)25-13-5-8-16-10-11-18(14-19(16)25)24-29(27,28)20-9-3-6-17-7-4-12-23-21(17)20/h3-4,6-7,9-12,14-15,24H,5,8,13H2,1-2H3. The van der Waals surface area contributed by atoms with E-state index < -0.39 is 10.0 Å². The fourth-order valence-electron chi connectivity index (χ4n) is 3.68. The Hall–Kier alpha value is -2.93. The van der Waals surface area contributed by atoms with Gasteiger partial charge in [0.25, 0.3) is 10.0 Å². The summed E-state index contributed by atoms with van der Waals surface area (Å²) in [5.74, 6) is -0.0766. The van der Waals surface area contributed by atoms with Crippen LogP contribution in [0.1, 0.15) is 25.8 Å². The predicted octanol–water partition coefficient (Wildman–Crippen LogP) is 3.97. The number of aromatic nitrogens is 1. The Morgan fingerprint density at radius 3 is 2.72 bits per heavy atom. The van der Waals surface area contributed by atoms with Gasteiger partial charge >= 0.3 is 0 Å². The topological polar surface area (TPSA) is 79.4 Å². The molecule has 0 fully saturated rings. The molecule has 1 aromatic heterocycles. The second-order valence-corrected chi connectivity index (χ2v) is 9.18. The molecule has 6 nitrogen and oxygen atoms in total. The number of carbonyl (C=O) groups excluding carboxylic acids is 1. The van der Waals surface area contributed by atoms with Gasteiger partial charge in [-0.1, -0.05) is 38.1 Å². The summed E-state index contributed by atoms with van der Waals surface area (Å²) >= 11 is 0. The van der Waals surface area contributed by atoms with E-state index in [4.69, 9.17) is 0 Å². The summed E-state index contributed by atoms with van der Waals surface area (Å²) in [5.41, 5.74) is 2.70. The van der Waals surface area contributed by atoms with Gasteiger partial charge < -0.3 is 4.90 Å². The summed E-state index contributed by atoms with van der Waals surface area (Å²) < 4.78 is 28.8. The third kappa shape index (κ3) is 3.70. The minimum atomic E-state index is -3.84. The molecule has 1 aliphatic rings. The Labute approximate surface area is 170 Å². The molecule has 0 radical (unpaired) electrons. The van der Waals surface area contributed by atoms with E-state index in [1.54, 1.807) is 41.4 Å². The van der Waals surface area contributed by atoms with E-state index in [2.05, 4.69) is 9.71 Å². The molecule has 2 aromatic carbocycles. The van der Waals surface area contributed by atoms with Crippen molar-refractivity contribution < 1.29 is 13.2 Å². The van der Waals surface area contributed by atoms with E-state index in [9.17, 15) is 13.2 Å². The first-order valence-corrected chi connectivity index (χ1v) is 11.2. The lowest BCUT2D eigenvalue weighted by molar-refractivity contribution is -0.121. The second kappa shape index (κ2) is 7.48. The van der Waals surface area contributed by atoms with Crippen LogP contribution in [-0.2, 0) is 21.2 Å². The Balaban J connectivity index is 1.71. The zero-order chi connectivity index (χ0) is 20.6. The van der Waals surface area contributed by atoms with Crippen molar-refractivity contribution in [3.8, 4) is 0 Å². The molecule has 1 N–H and O–H groups in total. The predicted molar refractivity (Wildman–Crippen MR) is 115 cm³/mol. The summed E-state index contributed by atoms with van der Waals surface area (Å²) in [6.07, 6.45) is 3.35. The maximum atomic E-state index is 13.1. The van der Waals surface area contributed by atoms with Crippen molar-refractivity contribution >= 4 is 38.2 Å². The normalized spacial score (nSPS) is 14.1. The highest BCUT2D eigenvalue weighted by Gasteiger charge is 2.25. The number of amides is 1. The molecule has 1 amide bonds. The minimum absolute atomic E-state index is 0.0456. The van der Waals surface area contributed by atoms with Gasteiger partial charge in [0.1, 0.15) is 4.90 Å². The lowest BCUT2D eigenvalue weighted by atomic mass is 9.99. The lowest BCUT2D eigenvalue weighted by Gasteiger charge is -2.31. The smallest absolute Gasteiger partial charge is 0.264 e. The van der Waals surface area contributed by atoms with Gasteiger partial charge in [0, 0.05) is 29.7 Å². The highest BCUT2D eigenvalue weighted by atomic mass is 32.2. The number of nitrogens with one attached hydrogen (secondary N) is 1. The Bertz CT molecular complexity index is 1180. The van der Waals surface area contributed by atoms with Crippen molar-refractivity contribution in [1.29, 1.82) is 0 Å². The maximum absolute atomic E-state index is 13.1. The summed E-state index contributed by atoms with van der Waals surface area (Å²) in [6, 6.07) is 14.1. The molecule has 1 aliphatic heterocycles. The highest BCUT2D eigenvalue weighted by Crippen LogP contribution is 2.32. The van der Waals surface area contributed by atoms with E-state index in [1.807, 2.05) is 32.0 Å². The lowest BCUT2D eigenvalue weighted by Crippen LogP contribution is -2.38. The largest absolute Gasteiger partial charge is 0.312 e. The first-order valence-electron chi connectivity index (χ1n) is 9.68. The van der Waals surface area contributed by atoms with Crippen LogP contribution in [0, 0.1) is 5.92 Å². The molecule has 7 heteroatoms. The number of nitrogens with zero attached hydrogens (tertiary/aromatic N) is 2. The van der Waals surface area contributed by atoms with Gasteiger partial charge in [-0.25, -0.2) is 8.42 Å². The number of para-hydroxylation sites is 1. The molecule has 0 aliphatic carbocycles. The van der Waals surface area contributed by atoms with E-state index in [0.29, 0.717) is 17.7 Å². The van der Waals surface area contributed by atoms with E-state index >= 15 is 0 Å². The van der Waals surface area contributed by atoms with Crippen LogP contribution in [0.15, 0.2) is 59.6 Å². The molecule has 0 bridgehead atoms. The molecule has 0 unspecified atom stereocenters. The van der Waals surface area contributed by atoms with Crippen LogP contribution in [-0.4, -0.2) is 25.9 Å². The van der Waals surface area contributed by atoms with Gasteiger partial charge in [-0.2, -0.15) is 0 Å². The van der Waals surface area contributed by atoms with Crippen LogP contribution in [0.4, 0.5) is 11.4 Å². The summed E-state index contributed by atoms with van der Waals surface area (Å²) in [6.45, 7) is 4.39. The van der Waals surface area contributed by atoms with Crippen molar-refractivity contribution in [3.63, 3.8) is 0 Å². The van der Waals surface area contributed by atoms with Gasteiger partial charge in [-0.05, 0) is 42.7 Å². The molecule has 0 atom stereocenters. The number of anilines is 2. The fourth-order valence-corrected chi connectivity index (χ4v) is 4.91. The van der Waals surface area contributed by atoms with Gasteiger partial charge in [-0.3, -0.25) is 14.5 Å². The Morgan fingerprint density at radius 1 is 1.14 bits per heavy atom. The molecule has 4 rings (SSSR count). The van der Waals surface area contributed by atoms with Crippen molar-refractivity contribution in [2.75, 3.05) is 16.2 Å². The number of carbonyl (C=O) groups is 1. The van der Waals surface area contributed by atoms with Gasteiger partial charge in [-0.15, -0.1) is 0 Å². The van der Waals surface area contributed by atoms with E-state index in [1.165, 1.54) is 0 Å². The monoisotopic (exact) mass is 409 g/mol. The maximum Gasteiger partial charge on any atom is 0.264 e. The Kier molecular flexibility index (Phi) is 5.00. The van der Waals surface area contributed by atoms with Crippen LogP contribution < -0.4 is 9.62 Å². The number of hydrogen-bond acceptors (Lipinski definition) is 4. The number of benzene rings is 2. The van der Waals surface area contributed by atoms with Crippen LogP contribution in [0.25, 0.3) is 10.9 Å². The third-order valence-corrected chi connectivity index (χ3v) is 6.51. The summed E-state index contributed by atoms with van der Waals surface area (Å²) in [7, 11) is -3.84. The van der Waals surface area contributed by atoms with Crippen molar-refractivity contribution in [2.24, 2.45) is 5.92 Å². The summed E-state index contributed by atoms with van der Waals surface area (Å²) in [5, 5.41) is 0.759. The quantitative estimate of drug-likeness (QED) is 0.707. The van der Waals surface area contributed by atoms with E-state index in [-0.39, 0.29) is 16.7 Å². The minimum Gasteiger partial charge on any atom is -0.312 e. The summed E-state index contributed by atoms with van der Waals surface area (Å²) in [4.78, 5) is 18.7. The number of pyridine rings is 1. The molecule has 0 saturated heterocycles. The SMILES string of the molecule is CC(C)C(=O)N1CCCc2ccc(NS(=O)(=O)c3cccc4cccnc34)cc21. The van der Waals surface area contributed by atoms with Gasteiger partial charge in [0.15, 0.2) is 0 Å². The highest BCUT2D eigenvalue weighted by molar-refractivity contribution is 7.93. The van der Waals surface area contributed by atoms with Crippen LogP contribution >= 0.6 is 0 Å². The number of hydrogen-bond donors (Lipinski definition) is 1. The van der Waals surface area contributed by atoms with Crippen LogP contribution in [0.5, 0.6) is 0 Å². The number of fused-ring (bicyclic) bond motifs is 2. The molecular weight excluding hydrogens is 386 g/mol. The van der Waals surface area contributed by atoms with Crippen molar-refractivity contribution in [2.45, 2.75) is 31.6 Å². The van der Waals surface area contributed by atoms with Gasteiger partial charge in [0.2, 0.25) is 5.91 Å². The number of sulfonamides is 1. The molecule has 0 spiro atoms. The molecular formula is C22H23N3O3S. The fraction of sp³-hybridized carbons (Fsp3) is 0.273. The molecule has 3 aromatic rings. The molecule has 0 saturated carbocycles. The van der Waals surface area contributed by atoms with E-state index in [0.717, 1.165) is 29.5 Å². The zero-order valence-corrected chi connectivity index (χ0v) is 17.2. The van der Waals surface area contributed by atoms with Crippen LogP contribution in [0.3, 0.4) is 0 Å². The Morgan fingerprint density at radius 2 is 1.93 bits per heavy atom. The average Bonchev–Trinajstić information content (AvgIpc) is 2.72. The van der Waals surface area contributed by atoms with Crippen LogP contribution in [0.2, 0.25) is 0 Å². The number of rotatable bonds is 4. The molecule has 150 valence electrons. The first kappa shape index (κ1) is 19.4.